The second-order valence-electron chi connectivity index (χ2n) is 4.98. The SMILES string of the molecule is Fc1ccc(NCc2nnc3n2CCCCC3)cc1F. The number of hydrogen-bond acceptors (Lipinski definition) is 3. The molecule has 0 fully saturated rings. The lowest BCUT2D eigenvalue weighted by atomic mass is 10.2. The third-order valence-corrected chi connectivity index (χ3v) is 3.56. The molecule has 0 spiro atoms. The lowest BCUT2D eigenvalue weighted by molar-refractivity contribution is 0.509. The molecule has 0 aliphatic carbocycles. The molecule has 20 heavy (non-hydrogen) atoms. The first-order valence-corrected chi connectivity index (χ1v) is 6.84. The molecule has 3 rings (SSSR count). The van der Waals surface area contributed by atoms with Gasteiger partial charge in [-0.15, -0.1) is 10.2 Å². The molecule has 1 N–H and O–H groups in total. The van der Waals surface area contributed by atoms with Crippen molar-refractivity contribution in [3.8, 4) is 0 Å². The van der Waals surface area contributed by atoms with E-state index < -0.39 is 11.6 Å². The zero-order valence-electron chi connectivity index (χ0n) is 11.1. The lowest BCUT2D eigenvalue weighted by Gasteiger charge is -2.09. The van der Waals surface area contributed by atoms with Crippen LogP contribution in [-0.4, -0.2) is 14.8 Å². The van der Waals surface area contributed by atoms with Crippen molar-refractivity contribution < 1.29 is 8.78 Å². The fraction of sp³-hybridized carbons (Fsp3) is 0.429. The third-order valence-electron chi connectivity index (χ3n) is 3.56. The first-order valence-electron chi connectivity index (χ1n) is 6.84. The molecule has 0 saturated carbocycles. The molecule has 2 heterocycles. The largest absolute Gasteiger partial charge is 0.378 e. The number of fused-ring (bicyclic) bond motifs is 1. The van der Waals surface area contributed by atoms with Gasteiger partial charge in [0.2, 0.25) is 0 Å². The van der Waals surface area contributed by atoms with Gasteiger partial charge in [0, 0.05) is 24.7 Å². The summed E-state index contributed by atoms with van der Waals surface area (Å²) in [6.45, 7) is 1.38. The standard InChI is InChI=1S/C14H16F2N4/c15-11-6-5-10(8-12(11)16)17-9-14-19-18-13-4-2-1-3-7-20(13)14/h5-6,8,17H,1-4,7,9H2. The summed E-state index contributed by atoms with van der Waals surface area (Å²) < 4.78 is 28.1. The van der Waals surface area contributed by atoms with Crippen molar-refractivity contribution in [1.29, 1.82) is 0 Å². The number of anilines is 1. The Hall–Kier alpha value is -1.98. The predicted molar refractivity (Wildman–Crippen MR) is 71.3 cm³/mol. The molecule has 6 heteroatoms. The summed E-state index contributed by atoms with van der Waals surface area (Å²) in [5.74, 6) is 0.165. The second kappa shape index (κ2) is 5.56. The number of nitrogens with zero attached hydrogens (tertiary/aromatic N) is 3. The number of aryl methyl sites for hydroxylation is 1. The molecule has 4 nitrogen and oxygen atoms in total. The van der Waals surface area contributed by atoms with Crippen LogP contribution in [0.1, 0.15) is 30.9 Å². The van der Waals surface area contributed by atoms with Gasteiger partial charge in [-0.2, -0.15) is 0 Å². The predicted octanol–water partition coefficient (Wildman–Crippen LogP) is 2.89. The van der Waals surface area contributed by atoms with E-state index in [4.69, 9.17) is 0 Å². The summed E-state index contributed by atoms with van der Waals surface area (Å²) in [6, 6.07) is 3.77. The van der Waals surface area contributed by atoms with Gasteiger partial charge < -0.3 is 9.88 Å². The van der Waals surface area contributed by atoms with E-state index in [1.807, 2.05) is 0 Å². The molecule has 0 radical (unpaired) electrons. The topological polar surface area (TPSA) is 42.7 Å². The van der Waals surface area contributed by atoms with Crippen LogP contribution in [0.25, 0.3) is 0 Å². The van der Waals surface area contributed by atoms with E-state index >= 15 is 0 Å². The Morgan fingerprint density at radius 3 is 2.85 bits per heavy atom. The summed E-state index contributed by atoms with van der Waals surface area (Å²) in [7, 11) is 0. The van der Waals surface area contributed by atoms with Crippen molar-refractivity contribution in [2.45, 2.75) is 38.8 Å². The summed E-state index contributed by atoms with van der Waals surface area (Å²) >= 11 is 0. The van der Waals surface area contributed by atoms with Crippen molar-refractivity contribution in [2.24, 2.45) is 0 Å². The highest BCUT2D eigenvalue weighted by Gasteiger charge is 2.14. The van der Waals surface area contributed by atoms with E-state index in [0.29, 0.717) is 12.2 Å². The Morgan fingerprint density at radius 2 is 2.00 bits per heavy atom. The molecule has 2 aromatic rings. The van der Waals surface area contributed by atoms with Gasteiger partial charge >= 0.3 is 0 Å². The first kappa shape index (κ1) is 13.0. The van der Waals surface area contributed by atoms with Crippen LogP contribution in [0.5, 0.6) is 0 Å². The molecular formula is C14H16F2N4. The maximum absolute atomic E-state index is 13.1. The Labute approximate surface area is 115 Å². The maximum Gasteiger partial charge on any atom is 0.160 e. The number of aromatic nitrogens is 3. The van der Waals surface area contributed by atoms with E-state index in [9.17, 15) is 8.78 Å². The molecule has 1 aromatic heterocycles. The number of benzene rings is 1. The molecule has 1 aliphatic rings. The van der Waals surface area contributed by atoms with Crippen molar-refractivity contribution in [1.82, 2.24) is 14.8 Å². The minimum atomic E-state index is -0.852. The molecule has 0 amide bonds. The van der Waals surface area contributed by atoms with Gasteiger partial charge in [0.25, 0.3) is 0 Å². The van der Waals surface area contributed by atoms with Crippen molar-refractivity contribution >= 4 is 5.69 Å². The number of rotatable bonds is 3. The van der Waals surface area contributed by atoms with Gasteiger partial charge in [0.1, 0.15) is 5.82 Å². The van der Waals surface area contributed by atoms with Crippen LogP contribution in [0.2, 0.25) is 0 Å². The van der Waals surface area contributed by atoms with Crippen LogP contribution in [0.3, 0.4) is 0 Å². The molecular weight excluding hydrogens is 262 g/mol. The van der Waals surface area contributed by atoms with Gasteiger partial charge in [-0.3, -0.25) is 0 Å². The Balaban J connectivity index is 1.72. The van der Waals surface area contributed by atoms with E-state index in [1.165, 1.54) is 12.5 Å². The second-order valence-corrected chi connectivity index (χ2v) is 4.98. The fourth-order valence-electron chi connectivity index (χ4n) is 2.46. The number of nitrogens with one attached hydrogen (secondary N) is 1. The average Bonchev–Trinajstić information content (AvgIpc) is 2.68. The molecule has 0 saturated heterocycles. The zero-order chi connectivity index (χ0) is 13.9. The highest BCUT2D eigenvalue weighted by molar-refractivity contribution is 5.43. The lowest BCUT2D eigenvalue weighted by Crippen LogP contribution is -2.10. The highest BCUT2D eigenvalue weighted by atomic mass is 19.2. The highest BCUT2D eigenvalue weighted by Crippen LogP contribution is 2.17. The summed E-state index contributed by atoms with van der Waals surface area (Å²) in [5, 5.41) is 11.4. The van der Waals surface area contributed by atoms with Crippen molar-refractivity contribution in [2.75, 3.05) is 5.32 Å². The molecule has 1 aromatic carbocycles. The average molecular weight is 278 g/mol. The third kappa shape index (κ3) is 2.64. The van der Waals surface area contributed by atoms with Crippen molar-refractivity contribution in [3.63, 3.8) is 0 Å². The van der Waals surface area contributed by atoms with E-state index in [0.717, 1.165) is 49.6 Å². The van der Waals surface area contributed by atoms with Gasteiger partial charge in [0.05, 0.1) is 6.54 Å². The smallest absolute Gasteiger partial charge is 0.160 e. The summed E-state index contributed by atoms with van der Waals surface area (Å²) in [6.07, 6.45) is 4.44. The Bertz CT molecular complexity index is 609. The van der Waals surface area contributed by atoms with Gasteiger partial charge in [-0.05, 0) is 25.0 Å². The monoisotopic (exact) mass is 278 g/mol. The summed E-state index contributed by atoms with van der Waals surface area (Å²) in [4.78, 5) is 0. The Kier molecular flexibility index (Phi) is 3.62. The van der Waals surface area contributed by atoms with Crippen molar-refractivity contribution in [3.05, 3.63) is 41.5 Å². The van der Waals surface area contributed by atoms with E-state index in [2.05, 4.69) is 20.1 Å². The molecule has 0 atom stereocenters. The molecule has 1 aliphatic heterocycles. The van der Waals surface area contributed by atoms with Crippen LogP contribution in [0.4, 0.5) is 14.5 Å². The number of halogens is 2. The van der Waals surface area contributed by atoms with Gasteiger partial charge in [0.15, 0.2) is 17.5 Å². The molecule has 0 bridgehead atoms. The van der Waals surface area contributed by atoms with Crippen LogP contribution >= 0.6 is 0 Å². The van der Waals surface area contributed by atoms with Crippen LogP contribution in [0, 0.1) is 11.6 Å². The van der Waals surface area contributed by atoms with Gasteiger partial charge in [-0.1, -0.05) is 6.42 Å². The first-order chi connectivity index (χ1) is 9.74. The molecule has 0 unspecified atom stereocenters. The van der Waals surface area contributed by atoms with E-state index in [-0.39, 0.29) is 0 Å². The van der Waals surface area contributed by atoms with Crippen LogP contribution < -0.4 is 5.32 Å². The van der Waals surface area contributed by atoms with Gasteiger partial charge in [-0.25, -0.2) is 8.78 Å². The maximum atomic E-state index is 13.1. The zero-order valence-corrected chi connectivity index (χ0v) is 11.1. The minimum absolute atomic E-state index is 0.456. The van der Waals surface area contributed by atoms with Crippen LogP contribution in [0.15, 0.2) is 18.2 Å². The molecule has 106 valence electrons. The number of hydrogen-bond donors (Lipinski definition) is 1. The Morgan fingerprint density at radius 1 is 1.10 bits per heavy atom. The quantitative estimate of drug-likeness (QED) is 0.938. The van der Waals surface area contributed by atoms with Crippen LogP contribution in [-0.2, 0) is 19.5 Å². The summed E-state index contributed by atoms with van der Waals surface area (Å²) in [5.41, 5.74) is 0.537. The fourth-order valence-corrected chi connectivity index (χ4v) is 2.46. The minimum Gasteiger partial charge on any atom is -0.378 e. The normalized spacial score (nSPS) is 14.7. The van der Waals surface area contributed by atoms with E-state index in [1.54, 1.807) is 0 Å².